The number of benzene rings is 3. The summed E-state index contributed by atoms with van der Waals surface area (Å²) in [6.45, 7) is 8.32. The lowest BCUT2D eigenvalue weighted by Crippen LogP contribution is -2.09. The van der Waals surface area contributed by atoms with Crippen LogP contribution < -0.4 is 9.47 Å². The first kappa shape index (κ1) is 17.4. The molecule has 0 spiro atoms. The molecule has 3 rings (SSSR count). The first-order valence-corrected chi connectivity index (χ1v) is 7.77. The number of hydrogen-bond donors (Lipinski definition) is 0. The van der Waals surface area contributed by atoms with Crippen LogP contribution in [-0.4, -0.2) is 11.9 Å². The van der Waals surface area contributed by atoms with Crippen LogP contribution in [0.4, 0.5) is 4.39 Å². The first-order chi connectivity index (χ1) is 12.4. The smallest absolute Gasteiger partial charge is 0.338 e. The number of esters is 2. The second-order valence-electron chi connectivity index (χ2n) is 5.72. The lowest BCUT2D eigenvalue weighted by Gasteiger charge is -2.10. The summed E-state index contributed by atoms with van der Waals surface area (Å²) in [5, 5.41) is 2.52. The van der Waals surface area contributed by atoms with Crippen LogP contribution in [0, 0.1) is 5.82 Å². The van der Waals surface area contributed by atoms with Gasteiger partial charge < -0.3 is 9.47 Å². The van der Waals surface area contributed by atoms with E-state index in [1.807, 2.05) is 0 Å². The first-order valence-electron chi connectivity index (χ1n) is 7.77. The standard InChI is InChI=1S/C21H15FO4/c1-4-19(23)25-14-6-8-15-13(11-14)5-7-17-16(15)9-10-18(20(17)22)26-21(24)12(2)3/h4-11H,1-2H2,3H3. The highest BCUT2D eigenvalue weighted by Crippen LogP contribution is 2.33. The molecular weight excluding hydrogens is 335 g/mol. The van der Waals surface area contributed by atoms with Crippen molar-refractivity contribution in [3.8, 4) is 11.5 Å². The second kappa shape index (κ2) is 6.80. The molecular formula is C21H15FO4. The molecule has 0 aliphatic carbocycles. The molecule has 26 heavy (non-hydrogen) atoms. The van der Waals surface area contributed by atoms with Crippen LogP contribution in [-0.2, 0) is 9.59 Å². The zero-order chi connectivity index (χ0) is 18.8. The summed E-state index contributed by atoms with van der Waals surface area (Å²) in [6, 6.07) is 11.4. The summed E-state index contributed by atoms with van der Waals surface area (Å²) >= 11 is 0. The minimum absolute atomic E-state index is 0.151. The molecule has 0 heterocycles. The van der Waals surface area contributed by atoms with Gasteiger partial charge in [-0.25, -0.2) is 14.0 Å². The molecule has 0 atom stereocenters. The Labute approximate surface area is 149 Å². The quantitative estimate of drug-likeness (QED) is 0.296. The minimum atomic E-state index is -0.683. The number of fused-ring (bicyclic) bond motifs is 3. The Bertz CT molecular complexity index is 1080. The van der Waals surface area contributed by atoms with Crippen LogP contribution in [0.3, 0.4) is 0 Å². The van der Waals surface area contributed by atoms with Crippen LogP contribution in [0.5, 0.6) is 11.5 Å². The van der Waals surface area contributed by atoms with E-state index in [0.717, 1.165) is 16.8 Å². The fourth-order valence-electron chi connectivity index (χ4n) is 2.55. The average molecular weight is 350 g/mol. The van der Waals surface area contributed by atoms with Gasteiger partial charge in [-0.3, -0.25) is 0 Å². The van der Waals surface area contributed by atoms with Crippen molar-refractivity contribution in [2.24, 2.45) is 0 Å². The zero-order valence-electron chi connectivity index (χ0n) is 14.0. The van der Waals surface area contributed by atoms with Crippen molar-refractivity contribution in [3.05, 3.63) is 73.1 Å². The third kappa shape index (κ3) is 3.19. The maximum Gasteiger partial charge on any atom is 0.338 e. The molecule has 4 nitrogen and oxygen atoms in total. The Hall–Kier alpha value is -3.47. The summed E-state index contributed by atoms with van der Waals surface area (Å²) in [6.07, 6.45) is 1.08. The average Bonchev–Trinajstić information content (AvgIpc) is 2.63. The molecule has 3 aromatic rings. The normalized spacial score (nSPS) is 10.5. The van der Waals surface area contributed by atoms with E-state index in [-0.39, 0.29) is 11.3 Å². The van der Waals surface area contributed by atoms with Gasteiger partial charge in [0, 0.05) is 17.0 Å². The van der Waals surface area contributed by atoms with Gasteiger partial charge in [0.1, 0.15) is 5.75 Å². The van der Waals surface area contributed by atoms with Crippen molar-refractivity contribution < 1.29 is 23.5 Å². The molecule has 0 saturated carbocycles. The highest BCUT2D eigenvalue weighted by atomic mass is 19.1. The molecule has 0 N–H and O–H groups in total. The highest BCUT2D eigenvalue weighted by Gasteiger charge is 2.14. The van der Waals surface area contributed by atoms with E-state index >= 15 is 0 Å². The minimum Gasteiger partial charge on any atom is -0.423 e. The van der Waals surface area contributed by atoms with E-state index in [1.54, 1.807) is 36.4 Å². The third-order valence-electron chi connectivity index (χ3n) is 3.82. The number of hydrogen-bond acceptors (Lipinski definition) is 4. The lowest BCUT2D eigenvalue weighted by molar-refractivity contribution is -0.130. The van der Waals surface area contributed by atoms with Gasteiger partial charge in [-0.05, 0) is 47.3 Å². The van der Waals surface area contributed by atoms with Crippen molar-refractivity contribution in [2.75, 3.05) is 0 Å². The lowest BCUT2D eigenvalue weighted by atomic mass is 10.0. The monoisotopic (exact) mass is 350 g/mol. The Morgan fingerprint density at radius 1 is 1.00 bits per heavy atom. The Kier molecular flexibility index (Phi) is 4.54. The van der Waals surface area contributed by atoms with Crippen molar-refractivity contribution >= 4 is 33.5 Å². The van der Waals surface area contributed by atoms with Crippen LogP contribution in [0.15, 0.2) is 67.3 Å². The predicted octanol–water partition coefficient (Wildman–Crippen LogP) is 4.71. The summed E-state index contributed by atoms with van der Waals surface area (Å²) in [4.78, 5) is 22.9. The van der Waals surface area contributed by atoms with Gasteiger partial charge in [0.15, 0.2) is 11.6 Å². The van der Waals surface area contributed by atoms with Gasteiger partial charge in [0.25, 0.3) is 0 Å². The number of ether oxygens (including phenoxy) is 2. The van der Waals surface area contributed by atoms with Gasteiger partial charge in [0.2, 0.25) is 0 Å². The molecule has 5 heteroatoms. The summed E-state index contributed by atoms with van der Waals surface area (Å²) in [5.41, 5.74) is 0.185. The molecule has 0 aliphatic rings. The maximum atomic E-state index is 14.7. The van der Waals surface area contributed by atoms with E-state index in [4.69, 9.17) is 9.47 Å². The molecule has 0 unspecified atom stereocenters. The topological polar surface area (TPSA) is 52.6 Å². The number of carbonyl (C=O) groups is 2. The fraction of sp³-hybridized carbons (Fsp3) is 0.0476. The molecule has 0 amide bonds. The van der Waals surface area contributed by atoms with E-state index in [9.17, 15) is 14.0 Å². The van der Waals surface area contributed by atoms with Crippen molar-refractivity contribution in [1.29, 1.82) is 0 Å². The Balaban J connectivity index is 2.08. The highest BCUT2D eigenvalue weighted by molar-refractivity contribution is 6.08. The summed E-state index contributed by atoms with van der Waals surface area (Å²) in [5.74, 6) is -1.64. The van der Waals surface area contributed by atoms with E-state index in [2.05, 4.69) is 13.2 Å². The second-order valence-corrected chi connectivity index (χ2v) is 5.72. The van der Waals surface area contributed by atoms with Crippen molar-refractivity contribution in [3.63, 3.8) is 0 Å². The van der Waals surface area contributed by atoms with Gasteiger partial charge in [-0.1, -0.05) is 31.4 Å². The van der Waals surface area contributed by atoms with Crippen LogP contribution in [0.1, 0.15) is 6.92 Å². The fourth-order valence-corrected chi connectivity index (χ4v) is 2.55. The van der Waals surface area contributed by atoms with Gasteiger partial charge >= 0.3 is 11.9 Å². The van der Waals surface area contributed by atoms with Crippen LogP contribution >= 0.6 is 0 Å². The third-order valence-corrected chi connectivity index (χ3v) is 3.82. The summed E-state index contributed by atoms with van der Waals surface area (Å²) in [7, 11) is 0. The largest absolute Gasteiger partial charge is 0.423 e. The van der Waals surface area contributed by atoms with Gasteiger partial charge in [-0.2, -0.15) is 0 Å². The van der Waals surface area contributed by atoms with Gasteiger partial charge in [0.05, 0.1) is 0 Å². The van der Waals surface area contributed by atoms with E-state index < -0.39 is 17.8 Å². The number of halogens is 1. The van der Waals surface area contributed by atoms with Crippen molar-refractivity contribution in [1.82, 2.24) is 0 Å². The Morgan fingerprint density at radius 2 is 1.69 bits per heavy atom. The predicted molar refractivity (Wildman–Crippen MR) is 97.7 cm³/mol. The molecule has 3 aromatic carbocycles. The number of rotatable bonds is 4. The van der Waals surface area contributed by atoms with Crippen molar-refractivity contribution in [2.45, 2.75) is 6.92 Å². The van der Waals surface area contributed by atoms with Gasteiger partial charge in [-0.15, -0.1) is 0 Å². The van der Waals surface area contributed by atoms with Crippen LogP contribution in [0.2, 0.25) is 0 Å². The van der Waals surface area contributed by atoms with Crippen LogP contribution in [0.25, 0.3) is 21.5 Å². The molecule has 0 radical (unpaired) electrons. The molecule has 0 fully saturated rings. The zero-order valence-corrected chi connectivity index (χ0v) is 14.0. The summed E-state index contributed by atoms with van der Waals surface area (Å²) < 4.78 is 24.8. The Morgan fingerprint density at radius 3 is 2.38 bits per heavy atom. The molecule has 0 aromatic heterocycles. The maximum absolute atomic E-state index is 14.7. The SMILES string of the molecule is C=CC(=O)Oc1ccc2c(ccc3c(F)c(OC(=O)C(=C)C)ccc32)c1. The molecule has 0 bridgehead atoms. The number of carbonyl (C=O) groups excluding carboxylic acids is 2. The van der Waals surface area contributed by atoms with E-state index in [0.29, 0.717) is 16.5 Å². The molecule has 130 valence electrons. The molecule has 0 aliphatic heterocycles. The van der Waals surface area contributed by atoms with E-state index in [1.165, 1.54) is 13.0 Å². The molecule has 0 saturated heterocycles.